The smallest absolute Gasteiger partial charge is 0.387 e. The SMILES string of the molecule is C[C@@H](OP(=O)(O)OP(=O)(O)OP(O)(O)=P)[C@H]1O[C@@H](n2ccc(N)nc2=O)C(F)(CF)[C@H]1O. The van der Waals surface area contributed by atoms with Gasteiger partial charge in [-0.25, -0.2) is 27.0 Å². The predicted octanol–water partition coefficient (Wildman–Crippen LogP) is 0.206. The van der Waals surface area contributed by atoms with Crippen molar-refractivity contribution in [3.05, 3.63) is 22.7 Å². The van der Waals surface area contributed by atoms with E-state index in [4.69, 9.17) is 20.3 Å². The molecule has 3 unspecified atom stereocenters. The fourth-order valence-electron chi connectivity index (χ4n) is 2.75. The van der Waals surface area contributed by atoms with Crippen LogP contribution >= 0.6 is 31.4 Å². The number of aliphatic hydroxyl groups excluding tert-OH is 1. The highest BCUT2D eigenvalue weighted by Gasteiger charge is 2.61. The van der Waals surface area contributed by atoms with Crippen LogP contribution in [0.4, 0.5) is 14.6 Å². The summed E-state index contributed by atoms with van der Waals surface area (Å²) in [5.41, 5.74) is 0.927. The van der Waals surface area contributed by atoms with Crippen molar-refractivity contribution in [1.82, 2.24) is 9.55 Å². The Morgan fingerprint density at radius 2 is 1.94 bits per heavy atom. The lowest BCUT2D eigenvalue weighted by molar-refractivity contribution is -0.0855. The van der Waals surface area contributed by atoms with Crippen molar-refractivity contribution in [2.75, 3.05) is 12.4 Å². The fourth-order valence-corrected chi connectivity index (χ4v) is 6.95. The van der Waals surface area contributed by atoms with Crippen molar-refractivity contribution in [2.45, 2.75) is 37.1 Å². The number of nitrogens with zero attached hydrogens (tertiary/aromatic N) is 2. The standard InChI is InChI=1S/C11H19F2N3O12P4/c1-5(26-30(19,20)27-31(21,22)28-32(23,24)29)7-8(17)11(13,4-12)9(25-7)16-3-2-6(14)15-10(16)18/h2-3,5,7-9,17,23-24,29H,4H2,1H3,(H,19,20)(H,21,22)(H2,14,15,18)/t5-,7-,8+,9-,11?/m1/s1. The van der Waals surface area contributed by atoms with E-state index in [1.807, 2.05) is 0 Å². The summed E-state index contributed by atoms with van der Waals surface area (Å²) in [7, 11) is -13.6. The van der Waals surface area contributed by atoms with Gasteiger partial charge in [0.1, 0.15) is 24.7 Å². The minimum absolute atomic E-state index is 0.239. The van der Waals surface area contributed by atoms with Gasteiger partial charge in [-0.05, 0) is 21.5 Å². The molecule has 7 atom stereocenters. The molecule has 0 spiro atoms. The van der Waals surface area contributed by atoms with Gasteiger partial charge in [0.25, 0.3) is 7.23 Å². The number of nitrogens with two attached hydrogens (primary N) is 1. The lowest BCUT2D eigenvalue weighted by Gasteiger charge is -2.27. The highest BCUT2D eigenvalue weighted by Crippen LogP contribution is 2.68. The third kappa shape index (κ3) is 6.49. The predicted molar refractivity (Wildman–Crippen MR) is 105 cm³/mol. The van der Waals surface area contributed by atoms with Crippen molar-refractivity contribution in [3.63, 3.8) is 0 Å². The Labute approximate surface area is 180 Å². The van der Waals surface area contributed by atoms with E-state index in [-0.39, 0.29) is 5.82 Å². The second-order valence-corrected chi connectivity index (χ2v) is 12.7. The number of nitrogen functional groups attached to an aromatic ring is 1. The summed E-state index contributed by atoms with van der Waals surface area (Å²) in [5.74, 6) is -0.239. The molecule has 21 heteroatoms. The fraction of sp³-hybridized carbons (Fsp3) is 0.636. The van der Waals surface area contributed by atoms with Crippen LogP contribution in [0, 0.1) is 0 Å². The Morgan fingerprint density at radius 3 is 2.44 bits per heavy atom. The first-order valence-corrected chi connectivity index (χ1v) is 14.1. The van der Waals surface area contributed by atoms with Crippen LogP contribution in [0.25, 0.3) is 0 Å². The summed E-state index contributed by atoms with van der Waals surface area (Å²) in [6, 6.07) is 1.06. The minimum atomic E-state index is -5.58. The second kappa shape index (κ2) is 9.55. The number of aromatic nitrogens is 2. The summed E-state index contributed by atoms with van der Waals surface area (Å²) < 4.78 is 70.2. The highest BCUT2D eigenvalue weighted by molar-refractivity contribution is 7.91. The molecule has 0 aromatic carbocycles. The molecular weight excluding hydrogens is 528 g/mol. The number of alkyl halides is 2. The Morgan fingerprint density at radius 1 is 1.34 bits per heavy atom. The number of ether oxygens (including phenoxy) is 1. The molecule has 32 heavy (non-hydrogen) atoms. The van der Waals surface area contributed by atoms with Crippen LogP contribution in [0.5, 0.6) is 0 Å². The molecule has 0 amide bonds. The molecule has 0 saturated carbocycles. The summed E-state index contributed by atoms with van der Waals surface area (Å²) in [4.78, 5) is 52.2. The minimum Gasteiger partial charge on any atom is -0.387 e. The van der Waals surface area contributed by atoms with Crippen LogP contribution in [0.2, 0.25) is 0 Å². The third-order valence-corrected chi connectivity index (χ3v) is 8.71. The average Bonchev–Trinajstić information content (AvgIpc) is 2.84. The van der Waals surface area contributed by atoms with E-state index in [1.54, 1.807) is 0 Å². The monoisotopic (exact) mass is 547 g/mol. The van der Waals surface area contributed by atoms with E-state index >= 15 is 4.39 Å². The van der Waals surface area contributed by atoms with Gasteiger partial charge in [0.05, 0.1) is 6.10 Å². The van der Waals surface area contributed by atoms with Gasteiger partial charge in [0.2, 0.25) is 5.67 Å². The lowest BCUT2D eigenvalue weighted by atomic mass is 9.95. The molecular formula is C11H19F2N3O12P4. The quantitative estimate of drug-likeness (QED) is 0.227. The molecule has 1 aliphatic heterocycles. The van der Waals surface area contributed by atoms with Crippen LogP contribution in [0.15, 0.2) is 17.1 Å². The van der Waals surface area contributed by atoms with Crippen LogP contribution in [-0.4, -0.2) is 64.9 Å². The van der Waals surface area contributed by atoms with E-state index in [2.05, 4.69) is 26.7 Å². The van der Waals surface area contributed by atoms with Crippen molar-refractivity contribution in [3.8, 4) is 0 Å². The van der Waals surface area contributed by atoms with Gasteiger partial charge < -0.3 is 35.2 Å². The Bertz CT molecular complexity index is 1050. The van der Waals surface area contributed by atoms with E-state index in [0.717, 1.165) is 19.2 Å². The first-order chi connectivity index (χ1) is 14.4. The van der Waals surface area contributed by atoms with E-state index in [9.17, 15) is 33.2 Å². The van der Waals surface area contributed by atoms with Gasteiger partial charge in [0, 0.05) is 6.20 Å². The zero-order chi connectivity index (χ0) is 24.7. The van der Waals surface area contributed by atoms with Gasteiger partial charge >= 0.3 is 21.3 Å². The molecule has 1 aliphatic rings. The molecule has 1 aromatic heterocycles. The Kier molecular flexibility index (Phi) is 8.24. The van der Waals surface area contributed by atoms with Gasteiger partial charge in [0.15, 0.2) is 6.23 Å². The normalized spacial score (nSPS) is 31.1. The summed E-state index contributed by atoms with van der Waals surface area (Å²) >= 11 is 0. The third-order valence-electron chi connectivity index (χ3n) is 3.99. The number of hydrogen-bond donors (Lipinski definition) is 6. The molecule has 0 aliphatic carbocycles. The summed E-state index contributed by atoms with van der Waals surface area (Å²) in [5, 5.41) is 10.2. The van der Waals surface area contributed by atoms with Crippen LogP contribution in [0.1, 0.15) is 13.2 Å². The number of aliphatic hydroxyl groups is 1. The Hall–Kier alpha value is -0.630. The summed E-state index contributed by atoms with van der Waals surface area (Å²) in [6.07, 6.45) is -7.29. The van der Waals surface area contributed by atoms with Gasteiger partial charge in [-0.15, -0.1) is 0 Å². The Balaban J connectivity index is 2.25. The second-order valence-electron chi connectivity index (χ2n) is 6.46. The molecule has 184 valence electrons. The number of anilines is 1. The molecule has 2 heterocycles. The molecule has 0 bridgehead atoms. The van der Waals surface area contributed by atoms with Crippen LogP contribution in [-0.2, 0) is 27.0 Å². The molecule has 2 rings (SSSR count). The van der Waals surface area contributed by atoms with Gasteiger partial charge in [-0.3, -0.25) is 9.09 Å². The van der Waals surface area contributed by atoms with E-state index in [1.165, 1.54) is 0 Å². The lowest BCUT2D eigenvalue weighted by Crippen LogP contribution is -2.48. The van der Waals surface area contributed by atoms with Crippen molar-refractivity contribution in [2.24, 2.45) is 0 Å². The number of halogens is 2. The maximum absolute atomic E-state index is 15.2. The maximum atomic E-state index is 15.2. The van der Waals surface area contributed by atoms with E-state index in [0.29, 0.717) is 4.57 Å². The number of rotatable bonds is 9. The number of phosphoric acid groups is 2. The van der Waals surface area contributed by atoms with Crippen molar-refractivity contribution < 1.29 is 60.5 Å². The van der Waals surface area contributed by atoms with Gasteiger partial charge in [-0.1, -0.05) is 0 Å². The summed E-state index contributed by atoms with van der Waals surface area (Å²) in [6.45, 7) is -0.941. The van der Waals surface area contributed by atoms with Crippen LogP contribution in [0.3, 0.4) is 0 Å². The zero-order valence-corrected chi connectivity index (χ0v) is 19.5. The largest absolute Gasteiger partial charge is 0.488 e. The molecule has 15 nitrogen and oxygen atoms in total. The van der Waals surface area contributed by atoms with Crippen molar-refractivity contribution in [1.29, 1.82) is 0 Å². The zero-order valence-electron chi connectivity index (χ0n) is 15.8. The van der Waals surface area contributed by atoms with E-state index < -0.39 is 65.4 Å². The molecule has 7 N–H and O–H groups in total. The first-order valence-electron chi connectivity index (χ1n) is 8.20. The topological polar surface area (TPSA) is 233 Å². The maximum Gasteiger partial charge on any atom is 0.488 e. The van der Waals surface area contributed by atoms with Crippen LogP contribution < -0.4 is 11.4 Å². The number of phosphoric ester groups is 1. The molecule has 0 radical (unpaired) electrons. The average molecular weight is 547 g/mol. The van der Waals surface area contributed by atoms with Gasteiger partial charge in [-0.2, -0.15) is 9.29 Å². The molecule has 1 saturated heterocycles. The number of hydrogen-bond acceptors (Lipinski definition) is 10. The highest BCUT2D eigenvalue weighted by atomic mass is 31.8. The van der Waals surface area contributed by atoms with Crippen molar-refractivity contribution >= 4 is 37.2 Å². The first kappa shape index (κ1) is 27.6. The molecule has 1 fully saturated rings. The molecule has 1 aromatic rings.